The molecule has 2 heterocycles. The van der Waals surface area contributed by atoms with Gasteiger partial charge in [0, 0.05) is 34.6 Å². The highest BCUT2D eigenvalue weighted by Crippen LogP contribution is 2.52. The summed E-state index contributed by atoms with van der Waals surface area (Å²) >= 11 is 6.69. The van der Waals surface area contributed by atoms with Gasteiger partial charge in [-0.05, 0) is 43.4 Å². The summed E-state index contributed by atoms with van der Waals surface area (Å²) in [5.41, 5.74) is 7.35. The number of carbonyl (C=O) groups is 1. The lowest BCUT2D eigenvalue weighted by Crippen LogP contribution is -2.35. The zero-order valence-electron chi connectivity index (χ0n) is 22.0. The molecule has 1 atom stereocenters. The number of hydrogen-bond acceptors (Lipinski definition) is 3. The van der Waals surface area contributed by atoms with Crippen LogP contribution in [0.1, 0.15) is 75.8 Å². The number of aromatic nitrogens is 2. The van der Waals surface area contributed by atoms with Crippen LogP contribution in [0.5, 0.6) is 0 Å². The van der Waals surface area contributed by atoms with Crippen molar-refractivity contribution >= 4 is 23.2 Å². The zero-order chi connectivity index (χ0) is 26.0. The lowest BCUT2D eigenvalue weighted by Gasteiger charge is -2.39. The Kier molecular flexibility index (Phi) is 5.79. The zero-order valence-corrected chi connectivity index (χ0v) is 22.8. The van der Waals surface area contributed by atoms with Gasteiger partial charge in [0.15, 0.2) is 5.78 Å². The molecule has 0 radical (unpaired) electrons. The Morgan fingerprint density at radius 2 is 1.81 bits per heavy atom. The fraction of sp³-hybridized carbons (Fsp3) is 0.355. The molecule has 0 amide bonds. The quantitative estimate of drug-likeness (QED) is 0.371. The number of allylic oxidation sites excluding steroid dienone is 3. The van der Waals surface area contributed by atoms with Crippen LogP contribution in [-0.2, 0) is 10.2 Å². The van der Waals surface area contributed by atoms with Gasteiger partial charge in [0.05, 0.1) is 16.4 Å². The standard InChI is InChI=1S/C31H34ClN3O/c1-18(2)31(6,7)28-27-25(20-14-12-19(3)13-15-20)26-22(16-30(4,5)17-24(26)36)33-29(27)35(34-28)23-11-9-8-10-21(23)32/h8-15,25,33H,1,16-17H2,2-7H3. The molecule has 1 unspecified atom stereocenters. The maximum Gasteiger partial charge on any atom is 0.162 e. The van der Waals surface area contributed by atoms with E-state index in [1.165, 1.54) is 5.56 Å². The lowest BCUT2D eigenvalue weighted by atomic mass is 9.67. The fourth-order valence-corrected chi connectivity index (χ4v) is 5.66. The first-order chi connectivity index (χ1) is 16.9. The number of hydrogen-bond donors (Lipinski definition) is 1. The van der Waals surface area contributed by atoms with Gasteiger partial charge in [-0.2, -0.15) is 5.10 Å². The number of halogens is 1. The molecule has 3 aromatic rings. The van der Waals surface area contributed by atoms with Crippen LogP contribution in [0.25, 0.3) is 5.69 Å². The van der Waals surface area contributed by atoms with E-state index in [0.29, 0.717) is 11.4 Å². The van der Waals surface area contributed by atoms with E-state index in [1.807, 2.05) is 35.9 Å². The molecule has 1 aromatic heterocycles. The van der Waals surface area contributed by atoms with Gasteiger partial charge >= 0.3 is 0 Å². The van der Waals surface area contributed by atoms with Crippen LogP contribution < -0.4 is 5.32 Å². The summed E-state index contributed by atoms with van der Waals surface area (Å²) in [5.74, 6) is 0.863. The lowest BCUT2D eigenvalue weighted by molar-refractivity contribution is -0.118. The Labute approximate surface area is 219 Å². The Bertz CT molecular complexity index is 1420. The smallest absolute Gasteiger partial charge is 0.162 e. The number of benzene rings is 2. The van der Waals surface area contributed by atoms with Gasteiger partial charge < -0.3 is 5.32 Å². The molecule has 0 saturated heterocycles. The number of carbonyl (C=O) groups excluding carboxylic acids is 1. The summed E-state index contributed by atoms with van der Waals surface area (Å²) in [6.45, 7) is 17.0. The molecule has 36 heavy (non-hydrogen) atoms. The third-order valence-corrected chi connectivity index (χ3v) is 8.16. The molecule has 1 aliphatic heterocycles. The minimum Gasteiger partial charge on any atom is -0.343 e. The van der Waals surface area contributed by atoms with Crippen molar-refractivity contribution in [2.75, 3.05) is 5.32 Å². The van der Waals surface area contributed by atoms with Gasteiger partial charge in [-0.25, -0.2) is 4.68 Å². The number of aryl methyl sites for hydroxylation is 1. The van der Waals surface area contributed by atoms with Crippen molar-refractivity contribution in [2.45, 2.75) is 65.7 Å². The predicted molar refractivity (Wildman–Crippen MR) is 148 cm³/mol. The SMILES string of the molecule is C=C(C)C(C)(C)c1nn(-c2ccccc2Cl)c2c1C(c1ccc(C)cc1)C1=C(CC(C)(C)CC1=O)N2. The number of rotatable bonds is 4. The van der Waals surface area contributed by atoms with Gasteiger partial charge in [-0.1, -0.05) is 93.4 Å². The van der Waals surface area contributed by atoms with Gasteiger partial charge in [-0.15, -0.1) is 0 Å². The third kappa shape index (κ3) is 3.92. The van der Waals surface area contributed by atoms with Crippen LogP contribution in [0.4, 0.5) is 5.82 Å². The molecule has 0 bridgehead atoms. The molecule has 4 nitrogen and oxygen atoms in total. The van der Waals surface area contributed by atoms with Gasteiger partial charge in [0.2, 0.25) is 0 Å². The monoisotopic (exact) mass is 499 g/mol. The summed E-state index contributed by atoms with van der Waals surface area (Å²) in [6, 6.07) is 16.3. The highest BCUT2D eigenvalue weighted by Gasteiger charge is 2.45. The molecule has 5 heteroatoms. The van der Waals surface area contributed by atoms with E-state index < -0.39 is 5.41 Å². The molecule has 0 fully saturated rings. The normalized spacial score (nSPS) is 19.0. The van der Waals surface area contributed by atoms with Crippen LogP contribution in [-0.4, -0.2) is 15.6 Å². The molecule has 186 valence electrons. The highest BCUT2D eigenvalue weighted by molar-refractivity contribution is 6.32. The summed E-state index contributed by atoms with van der Waals surface area (Å²) in [5, 5.41) is 9.51. The molecular formula is C31H34ClN3O. The van der Waals surface area contributed by atoms with E-state index in [0.717, 1.165) is 51.6 Å². The Balaban J connectivity index is 1.87. The van der Waals surface area contributed by atoms with Crippen molar-refractivity contribution in [1.82, 2.24) is 9.78 Å². The average Bonchev–Trinajstić information content (AvgIpc) is 3.17. The highest BCUT2D eigenvalue weighted by atomic mass is 35.5. The van der Waals surface area contributed by atoms with E-state index >= 15 is 0 Å². The van der Waals surface area contributed by atoms with Crippen LogP contribution in [0.15, 0.2) is 72.0 Å². The van der Waals surface area contributed by atoms with Crippen LogP contribution in [0.2, 0.25) is 5.02 Å². The first-order valence-electron chi connectivity index (χ1n) is 12.5. The topological polar surface area (TPSA) is 46.9 Å². The Morgan fingerprint density at radius 1 is 1.14 bits per heavy atom. The van der Waals surface area contributed by atoms with Gasteiger partial charge in [0.25, 0.3) is 0 Å². The van der Waals surface area contributed by atoms with Crippen molar-refractivity contribution in [3.63, 3.8) is 0 Å². The molecular weight excluding hydrogens is 466 g/mol. The number of fused-ring (bicyclic) bond motifs is 1. The number of nitrogens with one attached hydrogen (secondary N) is 1. The van der Waals surface area contributed by atoms with Crippen molar-refractivity contribution in [2.24, 2.45) is 5.41 Å². The van der Waals surface area contributed by atoms with Gasteiger partial charge in [-0.3, -0.25) is 4.79 Å². The van der Waals surface area contributed by atoms with Crippen molar-refractivity contribution in [3.05, 3.63) is 99.4 Å². The Morgan fingerprint density at radius 3 is 2.44 bits per heavy atom. The number of nitrogens with zero attached hydrogens (tertiary/aromatic N) is 2. The van der Waals surface area contributed by atoms with Crippen molar-refractivity contribution in [1.29, 1.82) is 0 Å². The predicted octanol–water partition coefficient (Wildman–Crippen LogP) is 7.89. The third-order valence-electron chi connectivity index (χ3n) is 7.84. The molecule has 2 aromatic carbocycles. The maximum atomic E-state index is 13.8. The van der Waals surface area contributed by atoms with Crippen molar-refractivity contribution in [3.8, 4) is 5.69 Å². The largest absolute Gasteiger partial charge is 0.343 e. The molecule has 1 N–H and O–H groups in total. The number of para-hydroxylation sites is 1. The molecule has 2 aliphatic rings. The fourth-order valence-electron chi connectivity index (χ4n) is 5.45. The van der Waals surface area contributed by atoms with Gasteiger partial charge in [0.1, 0.15) is 5.82 Å². The Hall–Kier alpha value is -3.11. The van der Waals surface area contributed by atoms with Crippen molar-refractivity contribution < 1.29 is 4.79 Å². The van der Waals surface area contributed by atoms with E-state index in [-0.39, 0.29) is 17.1 Å². The number of Topliss-reactive ketones (excluding diaryl/α,β-unsaturated/α-hetero) is 1. The number of ketones is 1. The van der Waals surface area contributed by atoms with Crippen LogP contribution >= 0.6 is 11.6 Å². The molecule has 5 rings (SSSR count). The second-order valence-corrected chi connectivity index (χ2v) is 12.1. The number of anilines is 1. The first kappa shape index (κ1) is 24.6. The molecule has 1 aliphatic carbocycles. The second-order valence-electron chi connectivity index (χ2n) is 11.7. The minimum absolute atomic E-state index is 0.118. The summed E-state index contributed by atoms with van der Waals surface area (Å²) in [4.78, 5) is 13.8. The summed E-state index contributed by atoms with van der Waals surface area (Å²) in [6.07, 6.45) is 1.33. The summed E-state index contributed by atoms with van der Waals surface area (Å²) in [7, 11) is 0. The second kappa shape index (κ2) is 8.48. The summed E-state index contributed by atoms with van der Waals surface area (Å²) < 4.78 is 1.93. The maximum absolute atomic E-state index is 13.8. The average molecular weight is 500 g/mol. The first-order valence-corrected chi connectivity index (χ1v) is 12.9. The molecule has 0 spiro atoms. The van der Waals surface area contributed by atoms with E-state index in [9.17, 15) is 4.79 Å². The molecule has 0 saturated carbocycles. The minimum atomic E-state index is -0.420. The van der Waals surface area contributed by atoms with Crippen LogP contribution in [0, 0.1) is 12.3 Å². The van der Waals surface area contributed by atoms with Crippen LogP contribution in [0.3, 0.4) is 0 Å². The van der Waals surface area contributed by atoms with E-state index in [2.05, 4.69) is 70.8 Å². The van der Waals surface area contributed by atoms with E-state index in [1.54, 1.807) is 0 Å². The van der Waals surface area contributed by atoms with E-state index in [4.69, 9.17) is 16.7 Å².